The average molecular weight is 310 g/mol. The lowest BCUT2D eigenvalue weighted by atomic mass is 10.1. The normalized spacial score (nSPS) is 20.8. The smallest absolute Gasteiger partial charge is 0.340 e. The number of carbonyl (C=O) groups excluding carboxylic acids is 1. The van der Waals surface area contributed by atoms with Crippen molar-refractivity contribution >= 4 is 37.8 Å². The molecule has 0 atom stereocenters. The Labute approximate surface area is 94.3 Å². The number of hydrogen-bond donors (Lipinski definition) is 0. The molecule has 72 valence electrons. The quantitative estimate of drug-likeness (QED) is 0.728. The molecule has 0 amide bonds. The summed E-state index contributed by atoms with van der Waals surface area (Å²) in [4.78, 5) is 11.3. The number of allylic oxidation sites excluding steroid dienone is 2. The van der Waals surface area contributed by atoms with E-state index in [0.717, 1.165) is 27.4 Å². The van der Waals surface area contributed by atoms with E-state index in [-0.39, 0.29) is 5.97 Å². The van der Waals surface area contributed by atoms with Crippen LogP contribution < -0.4 is 0 Å². The van der Waals surface area contributed by atoms with Crippen LogP contribution >= 0.6 is 31.9 Å². The SMILES string of the molecule is CCCC1=C(Br)C(=C(C)Br)OC1=O. The molecule has 0 spiro atoms. The second kappa shape index (κ2) is 4.42. The van der Waals surface area contributed by atoms with E-state index in [1.54, 1.807) is 0 Å². The number of esters is 1. The molecular weight excluding hydrogens is 300 g/mol. The summed E-state index contributed by atoms with van der Waals surface area (Å²) in [5, 5.41) is 0. The van der Waals surface area contributed by atoms with Crippen molar-refractivity contribution < 1.29 is 9.53 Å². The second-order valence-electron chi connectivity index (χ2n) is 2.79. The Balaban J connectivity index is 3.04. The van der Waals surface area contributed by atoms with E-state index in [2.05, 4.69) is 31.9 Å². The maximum absolute atomic E-state index is 11.3. The van der Waals surface area contributed by atoms with Gasteiger partial charge in [0, 0.05) is 4.48 Å². The van der Waals surface area contributed by atoms with Crippen molar-refractivity contribution in [2.75, 3.05) is 0 Å². The van der Waals surface area contributed by atoms with Crippen molar-refractivity contribution in [3.63, 3.8) is 0 Å². The summed E-state index contributed by atoms with van der Waals surface area (Å²) >= 11 is 6.65. The number of cyclic esters (lactones) is 1. The van der Waals surface area contributed by atoms with E-state index in [4.69, 9.17) is 4.74 Å². The number of ether oxygens (including phenoxy) is 1. The van der Waals surface area contributed by atoms with Gasteiger partial charge in [-0.2, -0.15) is 0 Å². The molecule has 0 saturated heterocycles. The zero-order valence-electron chi connectivity index (χ0n) is 7.49. The largest absolute Gasteiger partial charge is 0.421 e. The van der Waals surface area contributed by atoms with Gasteiger partial charge in [-0.05, 0) is 29.3 Å². The Bertz CT molecular complexity index is 299. The lowest BCUT2D eigenvalue weighted by molar-refractivity contribution is -0.133. The van der Waals surface area contributed by atoms with Gasteiger partial charge in [-0.25, -0.2) is 4.79 Å². The summed E-state index contributed by atoms with van der Waals surface area (Å²) in [5.41, 5.74) is 0.733. The molecule has 0 radical (unpaired) electrons. The minimum atomic E-state index is -0.234. The van der Waals surface area contributed by atoms with Crippen LogP contribution in [0.5, 0.6) is 0 Å². The minimum absolute atomic E-state index is 0.234. The fourth-order valence-electron chi connectivity index (χ4n) is 1.11. The predicted molar refractivity (Wildman–Crippen MR) is 58.6 cm³/mol. The Morgan fingerprint density at radius 3 is 2.54 bits per heavy atom. The lowest BCUT2D eigenvalue weighted by Crippen LogP contribution is -1.98. The van der Waals surface area contributed by atoms with Gasteiger partial charge in [-0.15, -0.1) is 0 Å². The van der Waals surface area contributed by atoms with Crippen LogP contribution in [0.1, 0.15) is 26.7 Å². The van der Waals surface area contributed by atoms with Gasteiger partial charge in [-0.1, -0.05) is 29.3 Å². The molecule has 4 heteroatoms. The monoisotopic (exact) mass is 308 g/mol. The topological polar surface area (TPSA) is 26.3 Å². The summed E-state index contributed by atoms with van der Waals surface area (Å²) < 4.78 is 6.69. The highest BCUT2D eigenvalue weighted by atomic mass is 79.9. The molecule has 0 aliphatic carbocycles. The number of rotatable bonds is 2. The third kappa shape index (κ3) is 2.23. The van der Waals surface area contributed by atoms with E-state index in [1.165, 1.54) is 0 Å². The molecule has 0 bridgehead atoms. The second-order valence-corrected chi connectivity index (χ2v) is 4.78. The maximum atomic E-state index is 11.3. The standard InChI is InChI=1S/C9H10Br2O2/c1-3-4-6-7(11)8(5(2)10)13-9(6)12/h3-4H2,1-2H3. The van der Waals surface area contributed by atoms with Crippen molar-refractivity contribution in [3.05, 3.63) is 20.3 Å². The van der Waals surface area contributed by atoms with E-state index in [1.807, 2.05) is 13.8 Å². The molecule has 0 aromatic heterocycles. The van der Waals surface area contributed by atoms with E-state index in [0.29, 0.717) is 5.76 Å². The summed E-state index contributed by atoms with van der Waals surface area (Å²) in [5.74, 6) is 0.371. The van der Waals surface area contributed by atoms with Gasteiger partial charge in [0.1, 0.15) is 0 Å². The van der Waals surface area contributed by atoms with Crippen LogP contribution in [0.25, 0.3) is 0 Å². The first-order valence-electron chi connectivity index (χ1n) is 4.05. The third-order valence-corrected chi connectivity index (χ3v) is 2.92. The highest BCUT2D eigenvalue weighted by molar-refractivity contribution is 9.12. The molecular formula is C9H10Br2O2. The average Bonchev–Trinajstić information content (AvgIpc) is 2.32. The molecule has 0 saturated carbocycles. The summed E-state index contributed by atoms with van der Waals surface area (Å²) in [6.07, 6.45) is 1.69. The van der Waals surface area contributed by atoms with E-state index >= 15 is 0 Å². The first-order valence-corrected chi connectivity index (χ1v) is 5.64. The predicted octanol–water partition coefficient (Wildman–Crippen LogP) is 3.62. The molecule has 0 aromatic rings. The molecule has 2 nitrogen and oxygen atoms in total. The number of carbonyl (C=O) groups is 1. The van der Waals surface area contributed by atoms with Crippen LogP contribution in [0.4, 0.5) is 0 Å². The molecule has 0 aromatic carbocycles. The third-order valence-electron chi connectivity index (χ3n) is 1.72. The highest BCUT2D eigenvalue weighted by Gasteiger charge is 2.28. The van der Waals surface area contributed by atoms with Gasteiger partial charge in [0.05, 0.1) is 10.1 Å². The summed E-state index contributed by atoms with van der Waals surface area (Å²) in [7, 11) is 0. The van der Waals surface area contributed by atoms with Crippen LogP contribution in [0, 0.1) is 0 Å². The molecule has 1 rings (SSSR count). The van der Waals surface area contributed by atoms with Gasteiger partial charge in [0.15, 0.2) is 5.76 Å². The van der Waals surface area contributed by atoms with Crippen molar-refractivity contribution in [2.24, 2.45) is 0 Å². The van der Waals surface area contributed by atoms with Crippen LogP contribution in [-0.2, 0) is 9.53 Å². The Morgan fingerprint density at radius 1 is 1.54 bits per heavy atom. The van der Waals surface area contributed by atoms with Crippen molar-refractivity contribution in [1.29, 1.82) is 0 Å². The Hall–Kier alpha value is -0.0900. The van der Waals surface area contributed by atoms with Crippen LogP contribution in [-0.4, -0.2) is 5.97 Å². The molecule has 0 fully saturated rings. The van der Waals surface area contributed by atoms with Crippen molar-refractivity contribution in [3.8, 4) is 0 Å². The Kier molecular flexibility index (Phi) is 3.74. The zero-order chi connectivity index (χ0) is 10.0. The minimum Gasteiger partial charge on any atom is -0.421 e. The van der Waals surface area contributed by atoms with Gasteiger partial charge in [0.25, 0.3) is 0 Å². The van der Waals surface area contributed by atoms with Gasteiger partial charge in [0.2, 0.25) is 0 Å². The van der Waals surface area contributed by atoms with Crippen LogP contribution in [0.3, 0.4) is 0 Å². The molecule has 0 unspecified atom stereocenters. The van der Waals surface area contributed by atoms with Crippen molar-refractivity contribution in [2.45, 2.75) is 26.7 Å². The zero-order valence-corrected chi connectivity index (χ0v) is 10.7. The highest BCUT2D eigenvalue weighted by Crippen LogP contribution is 2.36. The first kappa shape index (κ1) is 11.0. The van der Waals surface area contributed by atoms with Crippen LogP contribution in [0.15, 0.2) is 20.3 Å². The van der Waals surface area contributed by atoms with Crippen molar-refractivity contribution in [1.82, 2.24) is 0 Å². The fraction of sp³-hybridized carbons (Fsp3) is 0.444. The molecule has 1 aliphatic heterocycles. The van der Waals surface area contributed by atoms with E-state index < -0.39 is 0 Å². The van der Waals surface area contributed by atoms with Gasteiger partial charge >= 0.3 is 5.97 Å². The molecule has 13 heavy (non-hydrogen) atoms. The van der Waals surface area contributed by atoms with Crippen LogP contribution in [0.2, 0.25) is 0 Å². The molecule has 0 N–H and O–H groups in total. The molecule has 1 heterocycles. The summed E-state index contributed by atoms with van der Waals surface area (Å²) in [6, 6.07) is 0. The van der Waals surface area contributed by atoms with E-state index in [9.17, 15) is 4.79 Å². The number of halogens is 2. The van der Waals surface area contributed by atoms with Gasteiger partial charge in [-0.3, -0.25) is 0 Å². The van der Waals surface area contributed by atoms with Gasteiger partial charge < -0.3 is 4.74 Å². The fourth-order valence-corrected chi connectivity index (χ4v) is 2.39. The number of hydrogen-bond acceptors (Lipinski definition) is 2. The Morgan fingerprint density at radius 2 is 2.15 bits per heavy atom. The first-order chi connectivity index (χ1) is 6.07. The maximum Gasteiger partial charge on any atom is 0.340 e. The lowest BCUT2D eigenvalue weighted by Gasteiger charge is -1.97. The molecule has 1 aliphatic rings. The summed E-state index contributed by atoms with van der Waals surface area (Å²) in [6.45, 7) is 3.88.